The van der Waals surface area contributed by atoms with Crippen LogP contribution >= 0.6 is 0 Å². The van der Waals surface area contributed by atoms with E-state index >= 15 is 0 Å². The Bertz CT molecular complexity index is 798. The van der Waals surface area contributed by atoms with Crippen molar-refractivity contribution in [3.63, 3.8) is 0 Å². The summed E-state index contributed by atoms with van der Waals surface area (Å²) in [4.78, 5) is 11.1. The van der Waals surface area contributed by atoms with Gasteiger partial charge in [0.2, 0.25) is 0 Å². The fraction of sp³-hybridized carbons (Fsp3) is 0.211. The molecule has 27 heavy (non-hydrogen) atoms. The van der Waals surface area contributed by atoms with Crippen LogP contribution in [0.4, 0.5) is 13.2 Å². The highest BCUT2D eigenvalue weighted by Gasteiger charge is 2.30. The standard InChI is InChI=1S/C19H17F3O5/c1-24-17-11-13(6-10-18(23)25-2)5-9-16(17)26-12-14-3-7-15(8-4-14)27-19(20,21)22/h3-11H,12H2,1-2H3/b10-6+. The molecule has 144 valence electrons. The summed E-state index contributed by atoms with van der Waals surface area (Å²) in [6, 6.07) is 10.4. The SMILES string of the molecule is COC(=O)/C=C/c1ccc(OCc2ccc(OC(F)(F)F)cc2)c(OC)c1. The van der Waals surface area contributed by atoms with Crippen LogP contribution in [0.25, 0.3) is 6.08 Å². The number of esters is 1. The highest BCUT2D eigenvalue weighted by molar-refractivity contribution is 5.87. The topological polar surface area (TPSA) is 54.0 Å². The number of halogens is 3. The van der Waals surface area contributed by atoms with Gasteiger partial charge >= 0.3 is 12.3 Å². The molecule has 2 aromatic carbocycles. The first-order valence-corrected chi connectivity index (χ1v) is 7.72. The van der Waals surface area contributed by atoms with Crippen LogP contribution in [0.15, 0.2) is 48.5 Å². The molecule has 8 heteroatoms. The van der Waals surface area contributed by atoms with E-state index in [0.717, 1.165) is 0 Å². The van der Waals surface area contributed by atoms with Gasteiger partial charge in [0.15, 0.2) is 11.5 Å². The zero-order chi connectivity index (χ0) is 19.9. The highest BCUT2D eigenvalue weighted by Crippen LogP contribution is 2.30. The molecule has 0 amide bonds. The van der Waals surface area contributed by atoms with E-state index in [1.807, 2.05) is 0 Å². The second kappa shape index (κ2) is 8.98. The Hall–Kier alpha value is -3.16. The van der Waals surface area contributed by atoms with Gasteiger partial charge in [0, 0.05) is 6.08 Å². The molecule has 0 aromatic heterocycles. The molecule has 0 aliphatic heterocycles. The van der Waals surface area contributed by atoms with Crippen LogP contribution < -0.4 is 14.2 Å². The van der Waals surface area contributed by atoms with Crippen molar-refractivity contribution in [3.05, 3.63) is 59.7 Å². The summed E-state index contributed by atoms with van der Waals surface area (Å²) >= 11 is 0. The minimum absolute atomic E-state index is 0.125. The summed E-state index contributed by atoms with van der Waals surface area (Å²) in [6.07, 6.45) is -1.88. The molecule has 0 N–H and O–H groups in total. The van der Waals surface area contributed by atoms with E-state index in [0.29, 0.717) is 22.6 Å². The van der Waals surface area contributed by atoms with Crippen LogP contribution in [0, 0.1) is 0 Å². The van der Waals surface area contributed by atoms with Crippen molar-refractivity contribution >= 4 is 12.0 Å². The molecule has 0 heterocycles. The molecule has 2 rings (SSSR count). The van der Waals surface area contributed by atoms with Crippen LogP contribution in [0.1, 0.15) is 11.1 Å². The van der Waals surface area contributed by atoms with Crippen LogP contribution in [0.3, 0.4) is 0 Å². The molecule has 0 unspecified atom stereocenters. The van der Waals surface area contributed by atoms with Gasteiger partial charge in [-0.15, -0.1) is 13.2 Å². The maximum atomic E-state index is 12.2. The largest absolute Gasteiger partial charge is 0.573 e. The minimum Gasteiger partial charge on any atom is -0.493 e. The van der Waals surface area contributed by atoms with Crippen molar-refractivity contribution in [2.45, 2.75) is 13.0 Å². The molecule has 0 spiro atoms. The average molecular weight is 382 g/mol. The third-order valence-corrected chi connectivity index (χ3v) is 3.35. The van der Waals surface area contributed by atoms with E-state index in [1.165, 1.54) is 44.6 Å². The van der Waals surface area contributed by atoms with Crippen LogP contribution in [0.5, 0.6) is 17.2 Å². The number of hydrogen-bond acceptors (Lipinski definition) is 5. The van der Waals surface area contributed by atoms with E-state index in [2.05, 4.69) is 9.47 Å². The summed E-state index contributed by atoms with van der Waals surface area (Å²) in [6.45, 7) is 0.125. The number of ether oxygens (including phenoxy) is 4. The molecule has 2 aromatic rings. The van der Waals surface area contributed by atoms with Gasteiger partial charge in [0.05, 0.1) is 14.2 Å². The van der Waals surface area contributed by atoms with E-state index in [9.17, 15) is 18.0 Å². The lowest BCUT2D eigenvalue weighted by atomic mass is 10.2. The summed E-state index contributed by atoms with van der Waals surface area (Å²) < 4.78 is 55.7. The van der Waals surface area contributed by atoms with Crippen molar-refractivity contribution in [1.29, 1.82) is 0 Å². The predicted octanol–water partition coefficient (Wildman–Crippen LogP) is 4.36. The van der Waals surface area contributed by atoms with E-state index < -0.39 is 12.3 Å². The Morgan fingerprint density at radius 1 is 1.04 bits per heavy atom. The third kappa shape index (κ3) is 6.58. The number of carbonyl (C=O) groups excluding carboxylic acids is 1. The van der Waals surface area contributed by atoms with Gasteiger partial charge in [-0.3, -0.25) is 0 Å². The fourth-order valence-electron chi connectivity index (χ4n) is 2.09. The first-order chi connectivity index (χ1) is 12.8. The maximum Gasteiger partial charge on any atom is 0.573 e. The lowest BCUT2D eigenvalue weighted by Gasteiger charge is -2.12. The summed E-state index contributed by atoms with van der Waals surface area (Å²) in [5, 5.41) is 0. The van der Waals surface area contributed by atoms with Gasteiger partial charge in [-0.05, 0) is 41.5 Å². The van der Waals surface area contributed by atoms with Gasteiger partial charge in [-0.2, -0.15) is 0 Å². The van der Waals surface area contributed by atoms with Crippen molar-refractivity contribution in [2.75, 3.05) is 14.2 Å². The third-order valence-electron chi connectivity index (χ3n) is 3.35. The molecule has 0 aliphatic rings. The van der Waals surface area contributed by atoms with Crippen molar-refractivity contribution in [3.8, 4) is 17.2 Å². The number of alkyl halides is 3. The predicted molar refractivity (Wildman–Crippen MR) is 91.5 cm³/mol. The van der Waals surface area contributed by atoms with Gasteiger partial charge in [0.25, 0.3) is 0 Å². The van der Waals surface area contributed by atoms with Gasteiger partial charge < -0.3 is 18.9 Å². The smallest absolute Gasteiger partial charge is 0.493 e. The zero-order valence-corrected chi connectivity index (χ0v) is 14.6. The van der Waals surface area contributed by atoms with Crippen LogP contribution in [0.2, 0.25) is 0 Å². The number of methoxy groups -OCH3 is 2. The molecule has 0 radical (unpaired) electrons. The average Bonchev–Trinajstić information content (AvgIpc) is 2.64. The molecule has 0 bridgehead atoms. The molecule has 0 saturated heterocycles. The molecular weight excluding hydrogens is 365 g/mol. The fourth-order valence-corrected chi connectivity index (χ4v) is 2.09. The van der Waals surface area contributed by atoms with Gasteiger partial charge in [-0.1, -0.05) is 18.2 Å². The van der Waals surface area contributed by atoms with E-state index in [1.54, 1.807) is 24.3 Å². The Labute approximate surface area is 153 Å². The Balaban J connectivity index is 2.02. The van der Waals surface area contributed by atoms with Crippen molar-refractivity contribution < 1.29 is 36.9 Å². The van der Waals surface area contributed by atoms with Gasteiger partial charge in [-0.25, -0.2) is 4.79 Å². The zero-order valence-electron chi connectivity index (χ0n) is 14.6. The minimum atomic E-state index is -4.73. The maximum absolute atomic E-state index is 12.2. The number of hydrogen-bond donors (Lipinski definition) is 0. The Kier molecular flexibility index (Phi) is 6.70. The second-order valence-corrected chi connectivity index (χ2v) is 5.25. The molecule has 0 atom stereocenters. The molecule has 5 nitrogen and oxygen atoms in total. The Morgan fingerprint density at radius 2 is 1.74 bits per heavy atom. The molecule has 0 aliphatic carbocycles. The first-order valence-electron chi connectivity index (χ1n) is 7.72. The number of carbonyl (C=O) groups is 1. The number of rotatable bonds is 7. The quantitative estimate of drug-likeness (QED) is 0.526. The lowest BCUT2D eigenvalue weighted by Crippen LogP contribution is -2.17. The molecule has 0 saturated carbocycles. The summed E-state index contributed by atoms with van der Waals surface area (Å²) in [5.41, 5.74) is 1.36. The second-order valence-electron chi connectivity index (χ2n) is 5.25. The van der Waals surface area contributed by atoms with E-state index in [-0.39, 0.29) is 12.4 Å². The summed E-state index contributed by atoms with van der Waals surface area (Å²) in [7, 11) is 2.76. The van der Waals surface area contributed by atoms with Crippen LogP contribution in [-0.2, 0) is 16.1 Å². The molecule has 0 fully saturated rings. The highest BCUT2D eigenvalue weighted by atomic mass is 19.4. The Morgan fingerprint density at radius 3 is 2.33 bits per heavy atom. The van der Waals surface area contributed by atoms with E-state index in [4.69, 9.17) is 9.47 Å². The monoisotopic (exact) mass is 382 g/mol. The van der Waals surface area contributed by atoms with Gasteiger partial charge in [0.1, 0.15) is 12.4 Å². The van der Waals surface area contributed by atoms with Crippen molar-refractivity contribution in [2.24, 2.45) is 0 Å². The van der Waals surface area contributed by atoms with Crippen molar-refractivity contribution in [1.82, 2.24) is 0 Å². The normalized spacial score (nSPS) is 11.3. The summed E-state index contributed by atoms with van der Waals surface area (Å²) in [5.74, 6) is 0.111. The number of benzene rings is 2. The molecular formula is C19H17F3O5. The lowest BCUT2D eigenvalue weighted by molar-refractivity contribution is -0.274. The first kappa shape index (κ1) is 20.2. The van der Waals surface area contributed by atoms with Crippen LogP contribution in [-0.4, -0.2) is 26.6 Å².